The molecule has 0 bridgehead atoms. The molecule has 0 aliphatic carbocycles. The number of aromatic carboxylic acids is 1. The van der Waals surface area contributed by atoms with E-state index < -0.39 is 5.97 Å². The molecule has 0 unspecified atom stereocenters. The largest absolute Gasteiger partial charge is 0.478 e. The summed E-state index contributed by atoms with van der Waals surface area (Å²) in [6.45, 7) is 9.89. The second kappa shape index (κ2) is 14.6. The molecule has 24 heavy (non-hydrogen) atoms. The number of carboxylic acids is 1. The fourth-order valence-corrected chi connectivity index (χ4v) is 2.58. The Morgan fingerprint density at radius 1 is 0.958 bits per heavy atom. The number of carboxylic acid groups (broad SMARTS) is 1. The summed E-state index contributed by atoms with van der Waals surface area (Å²) in [5, 5.41) is 9.01. The lowest BCUT2D eigenvalue weighted by Crippen LogP contribution is -1.96. The molecule has 0 radical (unpaired) electrons. The Morgan fingerprint density at radius 2 is 1.46 bits per heavy atom. The van der Waals surface area contributed by atoms with Crippen molar-refractivity contribution in [2.75, 3.05) is 12.9 Å². The zero-order valence-corrected chi connectivity index (χ0v) is 16.1. The van der Waals surface area contributed by atoms with E-state index in [-0.39, 0.29) is 0 Å². The summed E-state index contributed by atoms with van der Waals surface area (Å²) in [4.78, 5) is 12.9. The van der Waals surface area contributed by atoms with E-state index in [9.17, 15) is 9.18 Å². The van der Waals surface area contributed by atoms with Gasteiger partial charge < -0.3 is 10.8 Å². The molecule has 5 heteroatoms. The maximum atomic E-state index is 11.0. The summed E-state index contributed by atoms with van der Waals surface area (Å²) in [5.74, 6) is -0.905. The van der Waals surface area contributed by atoms with Crippen molar-refractivity contribution < 1.29 is 14.3 Å². The standard InChI is InChI=1S/C14H13NO2S.2C2H6.CH3F/c1-9-6-10(14(16)17)8-13(7-9)18-12-4-2-11(15)3-5-12;3*1-2/h2-8H,15H2,1H3,(H,16,17);2*1-2H3;1H3. The first kappa shape index (κ1) is 24.2. The fourth-order valence-electron chi connectivity index (χ4n) is 1.60. The van der Waals surface area contributed by atoms with E-state index in [4.69, 9.17) is 10.8 Å². The third-order valence-corrected chi connectivity index (χ3v) is 3.39. The van der Waals surface area contributed by atoms with E-state index in [2.05, 4.69) is 0 Å². The molecular formula is C19H28FNO2S. The number of hydrogen-bond donors (Lipinski definition) is 2. The van der Waals surface area contributed by atoms with Crippen molar-refractivity contribution in [2.24, 2.45) is 0 Å². The second-order valence-corrected chi connectivity index (χ2v) is 5.16. The highest BCUT2D eigenvalue weighted by molar-refractivity contribution is 7.99. The van der Waals surface area contributed by atoms with Crippen LogP contribution in [-0.2, 0) is 0 Å². The molecule has 0 aromatic heterocycles. The molecular weight excluding hydrogens is 325 g/mol. The number of rotatable bonds is 3. The summed E-state index contributed by atoms with van der Waals surface area (Å²) in [6.07, 6.45) is 0. The minimum absolute atomic E-state index is 0.313. The number of carbonyl (C=O) groups is 1. The monoisotopic (exact) mass is 353 g/mol. The predicted octanol–water partition coefficient (Wildman–Crippen LogP) is 6.06. The SMILES string of the molecule is CC.CC.CF.Cc1cc(Sc2ccc(N)cc2)cc(C(=O)O)c1. The molecule has 2 rings (SSSR count). The van der Waals surface area contributed by atoms with Gasteiger partial charge in [0.2, 0.25) is 0 Å². The molecule has 3 N–H and O–H groups in total. The van der Waals surface area contributed by atoms with Crippen LogP contribution in [-0.4, -0.2) is 18.3 Å². The highest BCUT2D eigenvalue weighted by atomic mass is 32.2. The quantitative estimate of drug-likeness (QED) is 0.658. The number of anilines is 1. The third kappa shape index (κ3) is 9.20. The number of benzene rings is 2. The smallest absolute Gasteiger partial charge is 0.335 e. The number of nitrogen functional groups attached to an aromatic ring is 1. The molecule has 0 atom stereocenters. The number of aryl methyl sites for hydroxylation is 1. The van der Waals surface area contributed by atoms with Crippen molar-refractivity contribution in [1.29, 1.82) is 0 Å². The van der Waals surface area contributed by atoms with Gasteiger partial charge in [-0.3, -0.25) is 4.39 Å². The average molecular weight is 354 g/mol. The van der Waals surface area contributed by atoms with Gasteiger partial charge in [-0.05, 0) is 55.0 Å². The van der Waals surface area contributed by atoms with E-state index in [1.54, 1.807) is 12.1 Å². The summed E-state index contributed by atoms with van der Waals surface area (Å²) < 4.78 is 9.50. The molecule has 0 spiro atoms. The number of alkyl halides is 1. The van der Waals surface area contributed by atoms with Crippen molar-refractivity contribution in [2.45, 2.75) is 44.4 Å². The second-order valence-electron chi connectivity index (χ2n) is 4.01. The molecule has 2 aromatic carbocycles. The van der Waals surface area contributed by atoms with Crippen molar-refractivity contribution in [3.8, 4) is 0 Å². The lowest BCUT2D eigenvalue weighted by atomic mass is 10.1. The van der Waals surface area contributed by atoms with Gasteiger partial charge in [-0.15, -0.1) is 0 Å². The highest BCUT2D eigenvalue weighted by Crippen LogP contribution is 2.29. The third-order valence-electron chi connectivity index (χ3n) is 2.41. The van der Waals surface area contributed by atoms with E-state index in [0.717, 1.165) is 21.0 Å². The van der Waals surface area contributed by atoms with Gasteiger partial charge in [0, 0.05) is 15.5 Å². The molecule has 0 fully saturated rings. The lowest BCUT2D eigenvalue weighted by Gasteiger charge is -2.05. The maximum Gasteiger partial charge on any atom is 0.335 e. The Balaban J connectivity index is 0. The molecule has 0 amide bonds. The Hall–Kier alpha value is -2.01. The lowest BCUT2D eigenvalue weighted by molar-refractivity contribution is 0.0696. The number of hydrogen-bond acceptors (Lipinski definition) is 3. The van der Waals surface area contributed by atoms with Crippen molar-refractivity contribution in [1.82, 2.24) is 0 Å². The Bertz CT molecular complexity index is 586. The van der Waals surface area contributed by atoms with Gasteiger partial charge in [-0.1, -0.05) is 39.5 Å². The molecule has 134 valence electrons. The average Bonchev–Trinajstić information content (AvgIpc) is 2.62. The summed E-state index contributed by atoms with van der Waals surface area (Å²) >= 11 is 1.52. The summed E-state index contributed by atoms with van der Waals surface area (Å²) in [5.41, 5.74) is 7.59. The van der Waals surface area contributed by atoms with E-state index >= 15 is 0 Å². The zero-order valence-electron chi connectivity index (χ0n) is 15.3. The van der Waals surface area contributed by atoms with Crippen LogP contribution in [0.4, 0.5) is 10.1 Å². The Kier molecular flexibility index (Phi) is 14.7. The van der Waals surface area contributed by atoms with Crippen LogP contribution in [0.2, 0.25) is 0 Å². The van der Waals surface area contributed by atoms with Crippen LogP contribution in [0.5, 0.6) is 0 Å². The van der Waals surface area contributed by atoms with Crippen LogP contribution >= 0.6 is 11.8 Å². The van der Waals surface area contributed by atoms with E-state index in [1.165, 1.54) is 11.8 Å². The van der Waals surface area contributed by atoms with Crippen LogP contribution < -0.4 is 5.73 Å². The molecule has 0 aliphatic rings. The van der Waals surface area contributed by atoms with Crippen LogP contribution in [0.15, 0.2) is 52.3 Å². The molecule has 0 aliphatic heterocycles. The van der Waals surface area contributed by atoms with Crippen LogP contribution in [0.1, 0.15) is 43.6 Å². The Labute approximate surface area is 149 Å². The van der Waals surface area contributed by atoms with Crippen molar-refractivity contribution >= 4 is 23.4 Å². The Morgan fingerprint density at radius 3 is 1.92 bits per heavy atom. The number of halogens is 1. The summed E-state index contributed by atoms with van der Waals surface area (Å²) in [6, 6.07) is 12.8. The topological polar surface area (TPSA) is 63.3 Å². The molecule has 3 nitrogen and oxygen atoms in total. The van der Waals surface area contributed by atoms with Gasteiger partial charge in [0.15, 0.2) is 0 Å². The van der Waals surface area contributed by atoms with Crippen molar-refractivity contribution in [3.63, 3.8) is 0 Å². The minimum Gasteiger partial charge on any atom is -0.478 e. The highest BCUT2D eigenvalue weighted by Gasteiger charge is 2.06. The molecule has 0 saturated carbocycles. The van der Waals surface area contributed by atoms with Crippen molar-refractivity contribution in [3.05, 3.63) is 53.6 Å². The first-order valence-electron chi connectivity index (χ1n) is 7.81. The fraction of sp³-hybridized carbons (Fsp3) is 0.316. The normalized spacial score (nSPS) is 8.46. The maximum absolute atomic E-state index is 11.0. The minimum atomic E-state index is -0.905. The first-order valence-corrected chi connectivity index (χ1v) is 8.62. The predicted molar refractivity (Wildman–Crippen MR) is 103 cm³/mol. The zero-order chi connectivity index (χ0) is 19.1. The van der Waals surface area contributed by atoms with Crippen LogP contribution in [0, 0.1) is 6.92 Å². The van der Waals surface area contributed by atoms with E-state index in [0.29, 0.717) is 12.7 Å². The molecule has 2 aromatic rings. The van der Waals surface area contributed by atoms with Gasteiger partial charge >= 0.3 is 5.97 Å². The summed E-state index contributed by atoms with van der Waals surface area (Å²) in [7, 11) is 0.500. The van der Waals surface area contributed by atoms with Gasteiger partial charge in [-0.25, -0.2) is 4.79 Å². The van der Waals surface area contributed by atoms with Gasteiger partial charge in [-0.2, -0.15) is 0 Å². The van der Waals surface area contributed by atoms with Gasteiger partial charge in [0.1, 0.15) is 0 Å². The number of nitrogens with two attached hydrogens (primary N) is 1. The van der Waals surface area contributed by atoms with Crippen LogP contribution in [0.3, 0.4) is 0 Å². The molecule has 0 heterocycles. The van der Waals surface area contributed by atoms with Gasteiger partial charge in [0.25, 0.3) is 0 Å². The van der Waals surface area contributed by atoms with Crippen LogP contribution in [0.25, 0.3) is 0 Å². The van der Waals surface area contributed by atoms with E-state index in [1.807, 2.05) is 65.0 Å². The van der Waals surface area contributed by atoms with Gasteiger partial charge in [0.05, 0.1) is 12.7 Å². The first-order chi connectivity index (χ1) is 11.5. The molecule has 0 saturated heterocycles.